The molecular formula is C38H32N2. The fourth-order valence-corrected chi connectivity index (χ4v) is 6.07. The van der Waals surface area contributed by atoms with E-state index < -0.39 is 0 Å². The van der Waals surface area contributed by atoms with Gasteiger partial charge < -0.3 is 9.80 Å². The summed E-state index contributed by atoms with van der Waals surface area (Å²) in [6.07, 6.45) is 0. The van der Waals surface area contributed by atoms with Crippen LogP contribution in [0.3, 0.4) is 0 Å². The highest BCUT2D eigenvalue weighted by Crippen LogP contribution is 2.48. The third-order valence-electron chi connectivity index (χ3n) is 8.31. The Balaban J connectivity index is 1.66. The molecule has 0 fully saturated rings. The van der Waals surface area contributed by atoms with E-state index in [1.807, 2.05) is 0 Å². The highest BCUT2D eigenvalue weighted by molar-refractivity contribution is 6.25. The molecule has 0 spiro atoms. The van der Waals surface area contributed by atoms with Crippen molar-refractivity contribution in [1.82, 2.24) is 0 Å². The SMILES string of the molecule is Cc1ccc(N(C)c2c3cc4ccccc4cc3c(N(C)c3ccc(C)cc3)c3cc4ccccc4cc23)cc1. The Kier molecular flexibility index (Phi) is 5.71. The summed E-state index contributed by atoms with van der Waals surface area (Å²) in [6.45, 7) is 4.28. The molecule has 0 bridgehead atoms. The van der Waals surface area contributed by atoms with E-state index in [-0.39, 0.29) is 0 Å². The van der Waals surface area contributed by atoms with Crippen LogP contribution in [0.5, 0.6) is 0 Å². The van der Waals surface area contributed by atoms with Crippen LogP contribution in [-0.2, 0) is 0 Å². The zero-order chi connectivity index (χ0) is 27.4. The highest BCUT2D eigenvalue weighted by Gasteiger charge is 2.22. The van der Waals surface area contributed by atoms with Crippen LogP contribution in [0, 0.1) is 13.8 Å². The van der Waals surface area contributed by atoms with Gasteiger partial charge in [0.2, 0.25) is 0 Å². The Bertz CT molecular complexity index is 1790. The van der Waals surface area contributed by atoms with E-state index in [1.165, 1.54) is 77.0 Å². The van der Waals surface area contributed by atoms with Crippen molar-refractivity contribution >= 4 is 65.8 Å². The molecule has 0 atom stereocenters. The molecule has 7 rings (SSSR count). The summed E-state index contributed by atoms with van der Waals surface area (Å²) in [7, 11) is 4.40. The minimum absolute atomic E-state index is 1.18. The first-order chi connectivity index (χ1) is 19.5. The van der Waals surface area contributed by atoms with Gasteiger partial charge >= 0.3 is 0 Å². The summed E-state index contributed by atoms with van der Waals surface area (Å²) in [4.78, 5) is 4.73. The van der Waals surface area contributed by atoms with Gasteiger partial charge in [-0.2, -0.15) is 0 Å². The van der Waals surface area contributed by atoms with Gasteiger partial charge in [-0.1, -0.05) is 83.9 Å². The van der Waals surface area contributed by atoms with E-state index in [0.29, 0.717) is 0 Å². The third kappa shape index (κ3) is 3.96. The average Bonchev–Trinajstić information content (AvgIpc) is 2.98. The largest absolute Gasteiger partial charge is 0.344 e. The second-order valence-corrected chi connectivity index (χ2v) is 11.0. The topological polar surface area (TPSA) is 6.48 Å². The Morgan fingerprint density at radius 3 is 0.925 bits per heavy atom. The van der Waals surface area contributed by atoms with E-state index in [1.54, 1.807) is 0 Å². The standard InChI is InChI=1S/C38H32N2/c1-25-13-17-31(18-14-25)39(3)37-33-21-27-9-5-7-11-29(27)23-35(33)38(40(4)32-19-15-26(2)16-20-32)36-24-30-12-8-6-10-28(30)22-34(36)37/h5-24H,1-4H3. The van der Waals surface area contributed by atoms with Crippen molar-refractivity contribution in [1.29, 1.82) is 0 Å². The average molecular weight is 517 g/mol. The van der Waals surface area contributed by atoms with E-state index in [4.69, 9.17) is 0 Å². The molecule has 194 valence electrons. The fraction of sp³-hybridized carbons (Fsp3) is 0.105. The summed E-state index contributed by atoms with van der Waals surface area (Å²) in [5, 5.41) is 9.99. The molecule has 0 heterocycles. The predicted molar refractivity (Wildman–Crippen MR) is 175 cm³/mol. The quantitative estimate of drug-likeness (QED) is 0.170. The molecule has 0 saturated carbocycles. The van der Waals surface area contributed by atoms with Crippen LogP contribution in [0.4, 0.5) is 22.7 Å². The van der Waals surface area contributed by atoms with Crippen molar-refractivity contribution in [2.24, 2.45) is 0 Å². The first-order valence-electron chi connectivity index (χ1n) is 13.9. The first-order valence-corrected chi connectivity index (χ1v) is 13.9. The van der Waals surface area contributed by atoms with E-state index in [9.17, 15) is 0 Å². The zero-order valence-corrected chi connectivity index (χ0v) is 23.4. The van der Waals surface area contributed by atoms with Crippen molar-refractivity contribution in [3.63, 3.8) is 0 Å². The van der Waals surface area contributed by atoms with Gasteiger partial charge in [0.05, 0.1) is 11.4 Å². The Hall–Kier alpha value is -4.82. The van der Waals surface area contributed by atoms with Gasteiger partial charge in [-0.3, -0.25) is 0 Å². The van der Waals surface area contributed by atoms with Crippen molar-refractivity contribution < 1.29 is 0 Å². The van der Waals surface area contributed by atoms with Gasteiger partial charge in [-0.25, -0.2) is 0 Å². The number of nitrogens with zero attached hydrogens (tertiary/aromatic N) is 2. The van der Waals surface area contributed by atoms with Crippen LogP contribution in [0.1, 0.15) is 11.1 Å². The van der Waals surface area contributed by atoms with Crippen LogP contribution >= 0.6 is 0 Å². The van der Waals surface area contributed by atoms with Crippen LogP contribution in [0.25, 0.3) is 43.1 Å². The zero-order valence-electron chi connectivity index (χ0n) is 23.4. The summed E-state index contributed by atoms with van der Waals surface area (Å²) in [5.74, 6) is 0. The third-order valence-corrected chi connectivity index (χ3v) is 8.31. The summed E-state index contributed by atoms with van der Waals surface area (Å²) < 4.78 is 0. The van der Waals surface area contributed by atoms with Gasteiger partial charge in [0.1, 0.15) is 0 Å². The van der Waals surface area contributed by atoms with E-state index in [2.05, 4.69) is 159 Å². The Labute approximate surface area is 235 Å². The molecule has 40 heavy (non-hydrogen) atoms. The second kappa shape index (κ2) is 9.43. The molecule has 7 aromatic carbocycles. The molecule has 0 unspecified atom stereocenters. The summed E-state index contributed by atoms with van der Waals surface area (Å²) >= 11 is 0. The van der Waals surface area contributed by atoms with Crippen LogP contribution in [-0.4, -0.2) is 14.1 Å². The predicted octanol–water partition coefficient (Wildman–Crippen LogP) is 10.5. The minimum atomic E-state index is 1.18. The molecule has 0 amide bonds. The summed E-state index contributed by atoms with van der Waals surface area (Å²) in [5.41, 5.74) is 7.33. The van der Waals surface area contributed by atoms with Crippen LogP contribution < -0.4 is 9.80 Å². The second-order valence-electron chi connectivity index (χ2n) is 11.0. The maximum atomic E-state index is 2.38. The number of rotatable bonds is 4. The lowest BCUT2D eigenvalue weighted by Gasteiger charge is -2.29. The van der Waals surface area contributed by atoms with Crippen molar-refractivity contribution in [3.05, 3.63) is 132 Å². The maximum Gasteiger partial charge on any atom is 0.0569 e. The lowest BCUT2D eigenvalue weighted by atomic mass is 9.92. The summed E-state index contributed by atoms with van der Waals surface area (Å²) in [6, 6.07) is 44.6. The van der Waals surface area contributed by atoms with Gasteiger partial charge in [-0.05, 0) is 83.9 Å². The number of benzene rings is 7. The number of fused-ring (bicyclic) bond motifs is 4. The van der Waals surface area contributed by atoms with Gasteiger partial charge in [0.25, 0.3) is 0 Å². The molecule has 7 aromatic rings. The van der Waals surface area contributed by atoms with Gasteiger partial charge in [-0.15, -0.1) is 0 Å². The molecular weight excluding hydrogens is 484 g/mol. The van der Waals surface area contributed by atoms with Crippen molar-refractivity contribution in [2.75, 3.05) is 23.9 Å². The minimum Gasteiger partial charge on any atom is -0.344 e. The molecule has 2 nitrogen and oxygen atoms in total. The lowest BCUT2D eigenvalue weighted by Crippen LogP contribution is -2.14. The van der Waals surface area contributed by atoms with Crippen LogP contribution in [0.2, 0.25) is 0 Å². The molecule has 0 aromatic heterocycles. The number of anilines is 4. The molecule has 0 aliphatic rings. The first kappa shape index (κ1) is 24.2. The molecule has 2 heteroatoms. The van der Waals surface area contributed by atoms with E-state index >= 15 is 0 Å². The molecule has 0 N–H and O–H groups in total. The van der Waals surface area contributed by atoms with Crippen molar-refractivity contribution in [2.45, 2.75) is 13.8 Å². The fourth-order valence-electron chi connectivity index (χ4n) is 6.07. The molecule has 0 aliphatic heterocycles. The molecule has 0 saturated heterocycles. The molecule has 0 aliphatic carbocycles. The number of aryl methyl sites for hydroxylation is 2. The molecule has 0 radical (unpaired) electrons. The number of hydrogen-bond donors (Lipinski definition) is 0. The van der Waals surface area contributed by atoms with Gasteiger partial charge in [0, 0.05) is 47.0 Å². The normalized spacial score (nSPS) is 11.5. The van der Waals surface area contributed by atoms with Gasteiger partial charge in [0.15, 0.2) is 0 Å². The van der Waals surface area contributed by atoms with Crippen molar-refractivity contribution in [3.8, 4) is 0 Å². The lowest BCUT2D eigenvalue weighted by molar-refractivity contribution is 1.21. The van der Waals surface area contributed by atoms with E-state index in [0.717, 1.165) is 0 Å². The monoisotopic (exact) mass is 516 g/mol. The Morgan fingerprint density at radius 1 is 0.375 bits per heavy atom. The smallest absolute Gasteiger partial charge is 0.0569 e. The number of hydrogen-bond acceptors (Lipinski definition) is 2. The highest BCUT2D eigenvalue weighted by atomic mass is 15.1. The Morgan fingerprint density at radius 2 is 0.650 bits per heavy atom. The maximum absolute atomic E-state index is 2.38. The van der Waals surface area contributed by atoms with Crippen LogP contribution in [0.15, 0.2) is 121 Å².